The van der Waals surface area contributed by atoms with Crippen LogP contribution in [0.1, 0.15) is 32.1 Å². The molecule has 0 radical (unpaired) electrons. The summed E-state index contributed by atoms with van der Waals surface area (Å²) in [5.74, 6) is 1.25. The Kier molecular flexibility index (Phi) is 2.21. The molecule has 0 atom stereocenters. The van der Waals surface area contributed by atoms with Gasteiger partial charge in [0.05, 0.1) is 12.9 Å². The number of allylic oxidation sites excluding steroid dienone is 4. The van der Waals surface area contributed by atoms with Gasteiger partial charge in [0.25, 0.3) is 0 Å². The minimum Gasteiger partial charge on any atom is -0.501 e. The standard InChI is InChI=1S/C11H14O2/c1-13-9-6-5-8-3-2-4-11(12)10(8)7-9/h7H,2-6H2,1H3. The van der Waals surface area contributed by atoms with Crippen molar-refractivity contribution in [2.45, 2.75) is 32.1 Å². The van der Waals surface area contributed by atoms with E-state index in [1.807, 2.05) is 6.08 Å². The minimum atomic E-state index is 0.301. The molecule has 2 heteroatoms. The zero-order valence-electron chi connectivity index (χ0n) is 7.93. The quantitative estimate of drug-likeness (QED) is 0.616. The van der Waals surface area contributed by atoms with E-state index in [4.69, 9.17) is 4.74 Å². The van der Waals surface area contributed by atoms with E-state index in [1.165, 1.54) is 5.57 Å². The van der Waals surface area contributed by atoms with Crippen molar-refractivity contribution in [1.29, 1.82) is 0 Å². The maximum atomic E-state index is 11.5. The topological polar surface area (TPSA) is 26.3 Å². The molecule has 0 N–H and O–H groups in total. The first-order chi connectivity index (χ1) is 6.31. The number of carbonyl (C=O) groups excluding carboxylic acids is 1. The number of Topliss-reactive ketones (excluding diaryl/α,β-unsaturated/α-hetero) is 1. The lowest BCUT2D eigenvalue weighted by atomic mass is 9.84. The largest absolute Gasteiger partial charge is 0.501 e. The molecular formula is C11H14O2. The highest BCUT2D eigenvalue weighted by Gasteiger charge is 2.22. The van der Waals surface area contributed by atoms with Gasteiger partial charge in [0, 0.05) is 18.4 Å². The lowest BCUT2D eigenvalue weighted by molar-refractivity contribution is -0.115. The molecule has 70 valence electrons. The molecule has 0 heterocycles. The maximum absolute atomic E-state index is 11.5. The summed E-state index contributed by atoms with van der Waals surface area (Å²) < 4.78 is 5.16. The van der Waals surface area contributed by atoms with Gasteiger partial charge in [-0.25, -0.2) is 0 Å². The molecule has 0 saturated heterocycles. The predicted molar refractivity (Wildman–Crippen MR) is 50.2 cm³/mol. The molecule has 0 amide bonds. The molecule has 0 spiro atoms. The third-order valence-corrected chi connectivity index (χ3v) is 2.80. The minimum absolute atomic E-state index is 0.301. The van der Waals surface area contributed by atoms with Gasteiger partial charge in [0.1, 0.15) is 0 Å². The number of ether oxygens (including phenoxy) is 1. The molecule has 0 aromatic carbocycles. The normalized spacial score (nSPS) is 22.5. The van der Waals surface area contributed by atoms with Crippen LogP contribution in [0.15, 0.2) is 23.0 Å². The Labute approximate surface area is 78.3 Å². The van der Waals surface area contributed by atoms with Crippen molar-refractivity contribution in [1.82, 2.24) is 0 Å². The Morgan fingerprint density at radius 3 is 2.85 bits per heavy atom. The molecule has 0 bridgehead atoms. The van der Waals surface area contributed by atoms with Crippen LogP contribution in [0.25, 0.3) is 0 Å². The molecule has 0 aliphatic heterocycles. The van der Waals surface area contributed by atoms with E-state index in [0.717, 1.165) is 37.0 Å². The van der Waals surface area contributed by atoms with Crippen molar-refractivity contribution in [2.75, 3.05) is 7.11 Å². The number of carbonyl (C=O) groups is 1. The third kappa shape index (κ3) is 1.53. The molecule has 2 nitrogen and oxygen atoms in total. The summed E-state index contributed by atoms with van der Waals surface area (Å²) in [5, 5.41) is 0. The first kappa shape index (κ1) is 8.54. The van der Waals surface area contributed by atoms with Gasteiger partial charge in [0.2, 0.25) is 0 Å². The highest BCUT2D eigenvalue weighted by Crippen LogP contribution is 2.32. The van der Waals surface area contributed by atoms with Crippen LogP contribution >= 0.6 is 0 Å². The van der Waals surface area contributed by atoms with Crippen molar-refractivity contribution in [3.05, 3.63) is 23.0 Å². The fourth-order valence-electron chi connectivity index (χ4n) is 2.04. The van der Waals surface area contributed by atoms with E-state index in [9.17, 15) is 4.79 Å². The Hall–Kier alpha value is -1.05. The zero-order chi connectivity index (χ0) is 9.26. The van der Waals surface area contributed by atoms with Crippen LogP contribution < -0.4 is 0 Å². The first-order valence-electron chi connectivity index (χ1n) is 4.81. The smallest absolute Gasteiger partial charge is 0.162 e. The van der Waals surface area contributed by atoms with Gasteiger partial charge in [-0.3, -0.25) is 4.79 Å². The molecule has 0 saturated carbocycles. The van der Waals surface area contributed by atoms with Gasteiger partial charge in [-0.1, -0.05) is 5.57 Å². The van der Waals surface area contributed by atoms with E-state index in [-0.39, 0.29) is 0 Å². The average Bonchev–Trinajstić information content (AvgIpc) is 2.18. The van der Waals surface area contributed by atoms with Crippen LogP contribution in [0.3, 0.4) is 0 Å². The summed E-state index contributed by atoms with van der Waals surface area (Å²) in [7, 11) is 1.67. The van der Waals surface area contributed by atoms with Gasteiger partial charge in [-0.15, -0.1) is 0 Å². The van der Waals surface area contributed by atoms with Crippen molar-refractivity contribution in [3.8, 4) is 0 Å². The molecule has 0 fully saturated rings. The van der Waals surface area contributed by atoms with Crippen molar-refractivity contribution in [3.63, 3.8) is 0 Å². The summed E-state index contributed by atoms with van der Waals surface area (Å²) >= 11 is 0. The molecule has 0 unspecified atom stereocenters. The van der Waals surface area contributed by atoms with Gasteiger partial charge in [-0.2, -0.15) is 0 Å². The number of ketones is 1. The van der Waals surface area contributed by atoms with Gasteiger partial charge >= 0.3 is 0 Å². The van der Waals surface area contributed by atoms with E-state index < -0.39 is 0 Å². The summed E-state index contributed by atoms with van der Waals surface area (Å²) in [5.41, 5.74) is 2.28. The van der Waals surface area contributed by atoms with Crippen molar-refractivity contribution < 1.29 is 9.53 Å². The number of rotatable bonds is 1. The number of methoxy groups -OCH3 is 1. The Morgan fingerprint density at radius 2 is 2.08 bits per heavy atom. The average molecular weight is 178 g/mol. The van der Waals surface area contributed by atoms with Crippen molar-refractivity contribution >= 4 is 5.78 Å². The Bertz CT molecular complexity index is 297. The Balaban J connectivity index is 2.32. The van der Waals surface area contributed by atoms with Crippen LogP contribution in [0, 0.1) is 0 Å². The van der Waals surface area contributed by atoms with E-state index in [1.54, 1.807) is 7.11 Å². The molecule has 0 aromatic heterocycles. The fourth-order valence-corrected chi connectivity index (χ4v) is 2.04. The summed E-state index contributed by atoms with van der Waals surface area (Å²) in [6, 6.07) is 0. The van der Waals surface area contributed by atoms with Crippen LogP contribution in [-0.2, 0) is 9.53 Å². The predicted octanol–water partition coefficient (Wildman–Crippen LogP) is 2.36. The molecule has 2 rings (SSSR count). The molecule has 2 aliphatic rings. The van der Waals surface area contributed by atoms with Crippen LogP contribution in [-0.4, -0.2) is 12.9 Å². The fraction of sp³-hybridized carbons (Fsp3) is 0.545. The van der Waals surface area contributed by atoms with Crippen LogP contribution in [0.2, 0.25) is 0 Å². The number of hydrogen-bond donors (Lipinski definition) is 0. The van der Waals surface area contributed by atoms with Crippen molar-refractivity contribution in [2.24, 2.45) is 0 Å². The maximum Gasteiger partial charge on any atom is 0.162 e. The summed E-state index contributed by atoms with van der Waals surface area (Å²) in [6.45, 7) is 0. The first-order valence-corrected chi connectivity index (χ1v) is 4.81. The highest BCUT2D eigenvalue weighted by molar-refractivity contribution is 5.99. The second-order valence-corrected chi connectivity index (χ2v) is 3.61. The van der Waals surface area contributed by atoms with Gasteiger partial charge in [0.15, 0.2) is 5.78 Å². The third-order valence-electron chi connectivity index (χ3n) is 2.80. The lowest BCUT2D eigenvalue weighted by Gasteiger charge is -2.22. The van der Waals surface area contributed by atoms with E-state index in [0.29, 0.717) is 12.2 Å². The Morgan fingerprint density at radius 1 is 1.23 bits per heavy atom. The highest BCUT2D eigenvalue weighted by atomic mass is 16.5. The summed E-state index contributed by atoms with van der Waals surface area (Å²) in [6.07, 6.45) is 6.76. The molecule has 2 aliphatic carbocycles. The molecule has 0 aromatic rings. The van der Waals surface area contributed by atoms with Gasteiger partial charge in [-0.05, 0) is 25.3 Å². The van der Waals surface area contributed by atoms with Crippen LogP contribution in [0.5, 0.6) is 0 Å². The number of hydrogen-bond acceptors (Lipinski definition) is 2. The second kappa shape index (κ2) is 3.36. The zero-order valence-corrected chi connectivity index (χ0v) is 7.93. The molecule has 13 heavy (non-hydrogen) atoms. The van der Waals surface area contributed by atoms with Crippen LogP contribution in [0.4, 0.5) is 0 Å². The second-order valence-electron chi connectivity index (χ2n) is 3.61. The van der Waals surface area contributed by atoms with E-state index in [2.05, 4.69) is 0 Å². The lowest BCUT2D eigenvalue weighted by Crippen LogP contribution is -2.14. The SMILES string of the molecule is COC1=CC2=C(CCCC2=O)CC1. The van der Waals surface area contributed by atoms with Gasteiger partial charge < -0.3 is 4.74 Å². The monoisotopic (exact) mass is 178 g/mol. The molecular weight excluding hydrogens is 164 g/mol. The summed E-state index contributed by atoms with van der Waals surface area (Å²) in [4.78, 5) is 11.5. The van der Waals surface area contributed by atoms with E-state index >= 15 is 0 Å².